The highest BCUT2D eigenvalue weighted by molar-refractivity contribution is 7.10. The van der Waals surface area contributed by atoms with E-state index in [1.807, 2.05) is 17.5 Å². The Hall–Kier alpha value is -1.31. The molecule has 1 unspecified atom stereocenters. The van der Waals surface area contributed by atoms with E-state index in [9.17, 15) is 0 Å². The summed E-state index contributed by atoms with van der Waals surface area (Å²) in [6.45, 7) is 0. The minimum atomic E-state index is 0.0502. The first-order valence-electron chi connectivity index (χ1n) is 4.52. The van der Waals surface area contributed by atoms with E-state index in [-0.39, 0.29) is 6.04 Å². The number of hydrazine groups is 1. The smallest absolute Gasteiger partial charge is 0.176 e. The Kier molecular flexibility index (Phi) is 3.05. The lowest BCUT2D eigenvalue weighted by molar-refractivity contribution is 0.544. The van der Waals surface area contributed by atoms with Gasteiger partial charge in [0.25, 0.3) is 0 Å². The fourth-order valence-electron chi connectivity index (χ4n) is 1.32. The molecule has 0 radical (unpaired) electrons. The van der Waals surface area contributed by atoms with Crippen LogP contribution in [0.4, 0.5) is 0 Å². The first kappa shape index (κ1) is 10.2. The third kappa shape index (κ3) is 2.38. The van der Waals surface area contributed by atoms with Crippen molar-refractivity contribution in [3.63, 3.8) is 0 Å². The van der Waals surface area contributed by atoms with Crippen molar-refractivity contribution in [2.75, 3.05) is 0 Å². The van der Waals surface area contributed by atoms with Crippen LogP contribution in [0.25, 0.3) is 0 Å². The van der Waals surface area contributed by atoms with E-state index in [0.717, 1.165) is 0 Å². The van der Waals surface area contributed by atoms with Crippen molar-refractivity contribution < 1.29 is 0 Å². The van der Waals surface area contributed by atoms with Gasteiger partial charge in [-0.25, -0.2) is 0 Å². The normalized spacial score (nSPS) is 12.9. The Labute approximate surface area is 91.1 Å². The van der Waals surface area contributed by atoms with Gasteiger partial charge in [0.05, 0.1) is 13.1 Å². The van der Waals surface area contributed by atoms with Crippen molar-refractivity contribution in [1.82, 2.24) is 25.6 Å². The van der Waals surface area contributed by atoms with Crippen LogP contribution in [0.1, 0.15) is 16.7 Å². The van der Waals surface area contributed by atoms with E-state index < -0.39 is 0 Å². The molecule has 0 fully saturated rings. The number of nitrogens with two attached hydrogens (primary N) is 1. The summed E-state index contributed by atoms with van der Waals surface area (Å²) in [4.78, 5) is 2.61. The number of thiophene rings is 1. The number of nitrogens with one attached hydrogen (secondary N) is 1. The monoisotopic (exact) mass is 224 g/mol. The van der Waals surface area contributed by atoms with Crippen LogP contribution in [0.2, 0.25) is 0 Å². The van der Waals surface area contributed by atoms with Gasteiger partial charge >= 0.3 is 0 Å². The van der Waals surface area contributed by atoms with Crippen LogP contribution in [0.15, 0.2) is 17.5 Å². The Morgan fingerprint density at radius 3 is 3.07 bits per heavy atom. The zero-order valence-corrected chi connectivity index (χ0v) is 9.11. The summed E-state index contributed by atoms with van der Waals surface area (Å²) in [7, 11) is 1.74. The number of aryl methyl sites for hydroxylation is 1. The van der Waals surface area contributed by atoms with Crippen LogP contribution >= 0.6 is 11.3 Å². The van der Waals surface area contributed by atoms with Crippen molar-refractivity contribution in [2.24, 2.45) is 12.9 Å². The maximum absolute atomic E-state index is 5.49. The molecule has 0 aromatic carbocycles. The number of rotatable bonds is 4. The summed E-state index contributed by atoms with van der Waals surface area (Å²) >= 11 is 1.66. The van der Waals surface area contributed by atoms with Gasteiger partial charge in [0, 0.05) is 11.3 Å². The van der Waals surface area contributed by atoms with E-state index in [2.05, 4.69) is 20.8 Å². The SMILES string of the molecule is Cn1nnc(CC(NN)c2cccs2)n1. The van der Waals surface area contributed by atoms with E-state index in [1.54, 1.807) is 18.4 Å². The second kappa shape index (κ2) is 4.47. The molecule has 0 aliphatic carbocycles. The van der Waals surface area contributed by atoms with Crippen LogP contribution in [0.3, 0.4) is 0 Å². The number of aromatic nitrogens is 4. The standard InChI is InChI=1S/C8H12N6S/c1-14-12-8(11-13-14)5-6(10-9)7-3-2-4-15-7/h2-4,6,10H,5,9H2,1H3. The zero-order valence-electron chi connectivity index (χ0n) is 8.29. The average Bonchev–Trinajstić information content (AvgIpc) is 2.85. The van der Waals surface area contributed by atoms with E-state index >= 15 is 0 Å². The molecule has 80 valence electrons. The molecule has 15 heavy (non-hydrogen) atoms. The van der Waals surface area contributed by atoms with Gasteiger partial charge in [-0.15, -0.1) is 21.5 Å². The summed E-state index contributed by atoms with van der Waals surface area (Å²) in [6.07, 6.45) is 0.644. The van der Waals surface area contributed by atoms with Crippen LogP contribution in [-0.2, 0) is 13.5 Å². The van der Waals surface area contributed by atoms with Crippen LogP contribution in [-0.4, -0.2) is 20.2 Å². The summed E-state index contributed by atoms with van der Waals surface area (Å²) in [5.74, 6) is 6.18. The summed E-state index contributed by atoms with van der Waals surface area (Å²) < 4.78 is 0. The van der Waals surface area contributed by atoms with Gasteiger partial charge < -0.3 is 0 Å². The Balaban J connectivity index is 2.09. The lowest BCUT2D eigenvalue weighted by Gasteiger charge is -2.10. The second-order valence-corrected chi connectivity index (χ2v) is 4.11. The molecule has 0 bridgehead atoms. The lowest BCUT2D eigenvalue weighted by Crippen LogP contribution is -2.29. The Morgan fingerprint density at radius 2 is 2.53 bits per heavy atom. The van der Waals surface area contributed by atoms with Crippen LogP contribution in [0.5, 0.6) is 0 Å². The number of hydrogen-bond acceptors (Lipinski definition) is 6. The second-order valence-electron chi connectivity index (χ2n) is 3.13. The molecule has 0 saturated carbocycles. The van der Waals surface area contributed by atoms with Gasteiger partial charge in [-0.3, -0.25) is 11.3 Å². The van der Waals surface area contributed by atoms with E-state index in [0.29, 0.717) is 12.2 Å². The zero-order chi connectivity index (χ0) is 10.7. The van der Waals surface area contributed by atoms with Gasteiger partial charge in [0.2, 0.25) is 0 Å². The quantitative estimate of drug-likeness (QED) is 0.565. The van der Waals surface area contributed by atoms with Crippen molar-refractivity contribution >= 4 is 11.3 Å². The first-order valence-corrected chi connectivity index (χ1v) is 5.40. The van der Waals surface area contributed by atoms with Gasteiger partial charge in [-0.05, 0) is 16.7 Å². The van der Waals surface area contributed by atoms with Crippen molar-refractivity contribution in [3.8, 4) is 0 Å². The Bertz CT molecular complexity index is 408. The summed E-state index contributed by atoms with van der Waals surface area (Å²) in [6, 6.07) is 4.08. The molecule has 7 heteroatoms. The van der Waals surface area contributed by atoms with Crippen LogP contribution < -0.4 is 11.3 Å². The third-order valence-electron chi connectivity index (χ3n) is 2.02. The van der Waals surface area contributed by atoms with E-state index in [1.165, 1.54) is 9.67 Å². The molecule has 3 N–H and O–H groups in total. The van der Waals surface area contributed by atoms with Gasteiger partial charge in [-0.1, -0.05) is 6.07 Å². The molecule has 2 rings (SSSR count). The molecule has 0 spiro atoms. The lowest BCUT2D eigenvalue weighted by atomic mass is 10.2. The molecule has 1 atom stereocenters. The first-order chi connectivity index (χ1) is 7.29. The fraction of sp³-hybridized carbons (Fsp3) is 0.375. The topological polar surface area (TPSA) is 81.7 Å². The molecule has 0 saturated heterocycles. The highest BCUT2D eigenvalue weighted by Gasteiger charge is 2.14. The van der Waals surface area contributed by atoms with Gasteiger partial charge in [-0.2, -0.15) is 4.80 Å². The average molecular weight is 224 g/mol. The molecule has 2 aromatic rings. The minimum absolute atomic E-state index is 0.0502. The van der Waals surface area contributed by atoms with Gasteiger partial charge in [0.1, 0.15) is 0 Å². The van der Waals surface area contributed by atoms with Crippen molar-refractivity contribution in [3.05, 3.63) is 28.2 Å². The molecular formula is C8H12N6S. The maximum Gasteiger partial charge on any atom is 0.176 e. The molecular weight excluding hydrogens is 212 g/mol. The van der Waals surface area contributed by atoms with E-state index in [4.69, 9.17) is 5.84 Å². The molecule has 0 aliphatic rings. The van der Waals surface area contributed by atoms with Crippen LogP contribution in [0, 0.1) is 0 Å². The van der Waals surface area contributed by atoms with Crippen molar-refractivity contribution in [2.45, 2.75) is 12.5 Å². The highest BCUT2D eigenvalue weighted by Crippen LogP contribution is 2.20. The summed E-state index contributed by atoms with van der Waals surface area (Å²) in [5, 5.41) is 13.8. The molecule has 6 nitrogen and oxygen atoms in total. The molecule has 2 heterocycles. The highest BCUT2D eigenvalue weighted by atomic mass is 32.1. The molecule has 0 aliphatic heterocycles. The minimum Gasteiger partial charge on any atom is -0.271 e. The van der Waals surface area contributed by atoms with Crippen molar-refractivity contribution in [1.29, 1.82) is 0 Å². The van der Waals surface area contributed by atoms with Gasteiger partial charge in [0.15, 0.2) is 5.82 Å². The number of hydrogen-bond donors (Lipinski definition) is 2. The maximum atomic E-state index is 5.49. The largest absolute Gasteiger partial charge is 0.271 e. The number of nitrogens with zero attached hydrogens (tertiary/aromatic N) is 4. The molecule has 0 amide bonds. The predicted octanol–water partition coefficient (Wildman–Crippen LogP) is 0.0187. The number of tetrazole rings is 1. The fourth-order valence-corrected chi connectivity index (χ4v) is 2.11. The summed E-state index contributed by atoms with van der Waals surface area (Å²) in [5.41, 5.74) is 2.76. The third-order valence-corrected chi connectivity index (χ3v) is 3.01. The Morgan fingerprint density at radius 1 is 1.67 bits per heavy atom. The molecule has 2 aromatic heterocycles. The predicted molar refractivity (Wildman–Crippen MR) is 56.9 cm³/mol.